The average Bonchev–Trinajstić information content (AvgIpc) is 2.84. The van der Waals surface area contributed by atoms with Gasteiger partial charge in [0.1, 0.15) is 5.78 Å². The van der Waals surface area contributed by atoms with Gasteiger partial charge in [-0.15, -0.1) is 0 Å². The number of halogens is 1. The van der Waals surface area contributed by atoms with Crippen LogP contribution in [0.25, 0.3) is 0 Å². The summed E-state index contributed by atoms with van der Waals surface area (Å²) >= 11 is 6.26. The number of piperidine rings is 1. The lowest BCUT2D eigenvalue weighted by Gasteiger charge is -2.53. The molecule has 0 bridgehead atoms. The maximum atomic E-state index is 14.7. The van der Waals surface area contributed by atoms with Crippen LogP contribution >= 0.6 is 11.6 Å². The fourth-order valence-corrected chi connectivity index (χ4v) is 7.22. The highest BCUT2D eigenvalue weighted by Gasteiger charge is 2.53. The first-order valence-corrected chi connectivity index (χ1v) is 16.1. The van der Waals surface area contributed by atoms with E-state index in [4.69, 9.17) is 11.6 Å². The Balaban J connectivity index is 2.31. The van der Waals surface area contributed by atoms with Gasteiger partial charge >= 0.3 is 0 Å². The standard InChI is InChI=1S/C32H44ClNO4S/c1-20(2)28(19-39(37,38)22(5)6)34-30(24-12-14-26(33)15-13-24)27(25-11-9-10-23(7)16-25)17-32(8,31(34)36)18-29(35)21(3)4/h9-16,20-22,27-28,30H,17-19H2,1-8H3/t27-,28-,30-,32-/m1/s1. The molecule has 0 spiro atoms. The van der Waals surface area contributed by atoms with Crippen molar-refractivity contribution >= 4 is 33.1 Å². The van der Waals surface area contributed by atoms with E-state index in [-0.39, 0.29) is 41.6 Å². The number of sulfone groups is 1. The summed E-state index contributed by atoms with van der Waals surface area (Å²) in [6, 6.07) is 14.8. The zero-order chi connectivity index (χ0) is 29.3. The summed E-state index contributed by atoms with van der Waals surface area (Å²) in [5.74, 6) is -0.716. The Morgan fingerprint density at radius 2 is 1.64 bits per heavy atom. The van der Waals surface area contributed by atoms with Crippen LogP contribution in [0.15, 0.2) is 48.5 Å². The van der Waals surface area contributed by atoms with Crippen molar-refractivity contribution in [1.29, 1.82) is 0 Å². The molecule has 214 valence electrons. The number of hydrogen-bond donors (Lipinski definition) is 0. The first-order valence-electron chi connectivity index (χ1n) is 14.0. The number of Topliss-reactive ketones (excluding diaryl/α,β-unsaturated/α-hetero) is 1. The molecule has 1 aliphatic heterocycles. The highest BCUT2D eigenvalue weighted by molar-refractivity contribution is 7.92. The Morgan fingerprint density at radius 3 is 2.15 bits per heavy atom. The van der Waals surface area contributed by atoms with E-state index in [2.05, 4.69) is 12.1 Å². The molecule has 2 aromatic carbocycles. The SMILES string of the molecule is Cc1cccc([C@H]2C[C@](C)(CC(=O)C(C)C)C(=O)N([C@H](CS(=O)(=O)C(C)C)C(C)C)[C@@H]2c2ccc(Cl)cc2)c1. The smallest absolute Gasteiger partial charge is 0.229 e. The summed E-state index contributed by atoms with van der Waals surface area (Å²) in [7, 11) is -3.47. The van der Waals surface area contributed by atoms with Crippen LogP contribution in [0.4, 0.5) is 0 Å². The number of amides is 1. The molecule has 0 N–H and O–H groups in total. The minimum atomic E-state index is -3.47. The van der Waals surface area contributed by atoms with Gasteiger partial charge in [-0.05, 0) is 56.4 Å². The van der Waals surface area contributed by atoms with Gasteiger partial charge in [-0.3, -0.25) is 9.59 Å². The third kappa shape index (κ3) is 6.94. The normalized spacial score (nSPS) is 23.1. The van der Waals surface area contributed by atoms with Gasteiger partial charge in [0.15, 0.2) is 9.84 Å². The molecule has 4 atom stereocenters. The lowest BCUT2D eigenvalue weighted by molar-refractivity contribution is -0.158. The van der Waals surface area contributed by atoms with Crippen LogP contribution in [-0.2, 0) is 19.4 Å². The van der Waals surface area contributed by atoms with Crippen LogP contribution in [0.2, 0.25) is 5.02 Å². The van der Waals surface area contributed by atoms with Crippen molar-refractivity contribution in [2.24, 2.45) is 17.3 Å². The van der Waals surface area contributed by atoms with Crippen LogP contribution < -0.4 is 0 Å². The van der Waals surface area contributed by atoms with Crippen molar-refractivity contribution in [2.45, 2.75) is 91.5 Å². The second-order valence-electron chi connectivity index (χ2n) is 12.5. The fraction of sp³-hybridized carbons (Fsp3) is 0.562. The van der Waals surface area contributed by atoms with Crippen LogP contribution in [0.1, 0.15) is 90.0 Å². The molecule has 39 heavy (non-hydrogen) atoms. The molecule has 1 saturated heterocycles. The second kappa shape index (κ2) is 12.1. The average molecular weight is 574 g/mol. The van der Waals surface area contributed by atoms with Crippen molar-refractivity contribution in [3.63, 3.8) is 0 Å². The summed E-state index contributed by atoms with van der Waals surface area (Å²) < 4.78 is 26.6. The van der Waals surface area contributed by atoms with Crippen LogP contribution in [-0.4, -0.2) is 42.1 Å². The van der Waals surface area contributed by atoms with E-state index < -0.39 is 32.6 Å². The number of carbonyl (C=O) groups is 2. The molecule has 0 radical (unpaired) electrons. The first kappa shape index (κ1) is 31.3. The van der Waals surface area contributed by atoms with Crippen LogP contribution in [0, 0.1) is 24.2 Å². The Hall–Kier alpha value is -2.18. The van der Waals surface area contributed by atoms with Crippen molar-refractivity contribution in [3.8, 4) is 0 Å². The third-order valence-electron chi connectivity index (χ3n) is 8.24. The van der Waals surface area contributed by atoms with E-state index in [0.29, 0.717) is 11.4 Å². The number of hydrogen-bond acceptors (Lipinski definition) is 4. The molecule has 1 heterocycles. The molecule has 5 nitrogen and oxygen atoms in total. The van der Waals surface area contributed by atoms with Crippen molar-refractivity contribution < 1.29 is 18.0 Å². The topological polar surface area (TPSA) is 71.5 Å². The van der Waals surface area contributed by atoms with Gasteiger partial charge in [0.25, 0.3) is 0 Å². The summed E-state index contributed by atoms with van der Waals surface area (Å²) in [6.45, 7) is 15.0. The molecule has 0 aromatic heterocycles. The quantitative estimate of drug-likeness (QED) is 0.302. The molecule has 3 rings (SSSR count). The number of aryl methyl sites for hydroxylation is 1. The number of rotatable bonds is 10. The maximum Gasteiger partial charge on any atom is 0.229 e. The van der Waals surface area contributed by atoms with Crippen LogP contribution in [0.5, 0.6) is 0 Å². The molecule has 7 heteroatoms. The van der Waals surface area contributed by atoms with Gasteiger partial charge in [0.2, 0.25) is 5.91 Å². The second-order valence-corrected chi connectivity index (χ2v) is 15.5. The van der Waals surface area contributed by atoms with Gasteiger partial charge in [-0.1, -0.05) is 88.2 Å². The zero-order valence-corrected chi connectivity index (χ0v) is 26.1. The highest BCUT2D eigenvalue weighted by atomic mass is 35.5. The summed E-state index contributed by atoms with van der Waals surface area (Å²) in [5.41, 5.74) is 2.12. The van der Waals surface area contributed by atoms with Crippen LogP contribution in [0.3, 0.4) is 0 Å². The molecule has 0 unspecified atom stereocenters. The molecule has 1 fully saturated rings. The molecule has 2 aromatic rings. The van der Waals surface area contributed by atoms with Crippen molar-refractivity contribution in [3.05, 3.63) is 70.2 Å². The van der Waals surface area contributed by atoms with E-state index in [0.717, 1.165) is 16.7 Å². The minimum absolute atomic E-state index is 0.0367. The summed E-state index contributed by atoms with van der Waals surface area (Å²) in [5, 5.41) is 0.0313. The number of benzene rings is 2. The largest absolute Gasteiger partial charge is 0.330 e. The van der Waals surface area contributed by atoms with E-state index in [9.17, 15) is 18.0 Å². The predicted molar refractivity (Wildman–Crippen MR) is 160 cm³/mol. The molecular formula is C32H44ClNO4S. The van der Waals surface area contributed by atoms with Gasteiger partial charge in [0, 0.05) is 29.3 Å². The van der Waals surface area contributed by atoms with Gasteiger partial charge < -0.3 is 4.90 Å². The van der Waals surface area contributed by atoms with E-state index in [1.807, 2.05) is 82.8 Å². The van der Waals surface area contributed by atoms with Gasteiger partial charge in [0.05, 0.1) is 22.5 Å². The number of nitrogens with zero attached hydrogens (tertiary/aromatic N) is 1. The van der Waals surface area contributed by atoms with Gasteiger partial charge in [-0.25, -0.2) is 8.42 Å². The van der Waals surface area contributed by atoms with Gasteiger partial charge in [-0.2, -0.15) is 0 Å². The fourth-order valence-electron chi connectivity index (χ4n) is 5.69. The maximum absolute atomic E-state index is 14.7. The monoisotopic (exact) mass is 573 g/mol. The number of likely N-dealkylation sites (tertiary alicyclic amines) is 1. The number of ketones is 1. The van der Waals surface area contributed by atoms with Crippen molar-refractivity contribution in [1.82, 2.24) is 4.90 Å². The summed E-state index contributed by atoms with van der Waals surface area (Å²) in [4.78, 5) is 29.6. The Labute approximate surface area is 240 Å². The zero-order valence-electron chi connectivity index (χ0n) is 24.6. The van der Waals surface area contributed by atoms with E-state index in [1.54, 1.807) is 13.8 Å². The predicted octanol–water partition coefficient (Wildman–Crippen LogP) is 7.17. The molecular weight excluding hydrogens is 530 g/mol. The van der Waals surface area contributed by atoms with E-state index >= 15 is 0 Å². The first-order chi connectivity index (χ1) is 18.1. The highest BCUT2D eigenvalue weighted by Crippen LogP contribution is 2.52. The molecule has 1 aliphatic rings. The van der Waals surface area contributed by atoms with Crippen molar-refractivity contribution in [2.75, 3.05) is 5.75 Å². The van der Waals surface area contributed by atoms with E-state index in [1.165, 1.54) is 0 Å². The Morgan fingerprint density at radius 1 is 1.03 bits per heavy atom. The minimum Gasteiger partial charge on any atom is -0.330 e. The molecule has 1 amide bonds. The molecule has 0 saturated carbocycles. The Bertz CT molecular complexity index is 1290. The number of carbonyl (C=O) groups excluding carboxylic acids is 2. The molecule has 0 aliphatic carbocycles. The lowest BCUT2D eigenvalue weighted by Crippen LogP contribution is -2.59. The summed E-state index contributed by atoms with van der Waals surface area (Å²) in [6.07, 6.45) is 0.608. The Kier molecular flexibility index (Phi) is 9.76. The third-order valence-corrected chi connectivity index (χ3v) is 10.7. The lowest BCUT2D eigenvalue weighted by atomic mass is 9.65.